The Morgan fingerprint density at radius 2 is 1.47 bits per heavy atom. The third kappa shape index (κ3) is 7.21. The van der Waals surface area contributed by atoms with Crippen LogP contribution in [0.3, 0.4) is 0 Å². The summed E-state index contributed by atoms with van der Waals surface area (Å²) in [5, 5.41) is 14.5. The van der Waals surface area contributed by atoms with Gasteiger partial charge in [-0.05, 0) is 23.7 Å². The highest BCUT2D eigenvalue weighted by molar-refractivity contribution is 5.73. The second-order valence-electron chi connectivity index (χ2n) is 5.53. The van der Waals surface area contributed by atoms with Crippen molar-refractivity contribution in [2.45, 2.75) is 34.6 Å². The molecular formula is C13H28N2O2. The van der Waals surface area contributed by atoms with Gasteiger partial charge in [-0.15, -0.1) is 0 Å². The number of hydrogen-bond donors (Lipinski definition) is 3. The normalized spacial score (nSPS) is 13.2. The van der Waals surface area contributed by atoms with Crippen LogP contribution in [0.4, 0.5) is 4.79 Å². The molecule has 0 aliphatic heterocycles. The number of carbonyl (C=O) groups is 1. The lowest BCUT2D eigenvalue weighted by Crippen LogP contribution is -2.42. The fourth-order valence-corrected chi connectivity index (χ4v) is 1.85. The number of nitrogens with one attached hydrogen (secondary N) is 2. The Balaban J connectivity index is 3.89. The number of aliphatic hydroxyl groups is 1. The quantitative estimate of drug-likeness (QED) is 0.640. The Bertz CT molecular complexity index is 209. The molecule has 4 heteroatoms. The molecule has 1 atom stereocenters. The first-order valence-electron chi connectivity index (χ1n) is 6.51. The molecule has 0 aromatic rings. The van der Waals surface area contributed by atoms with Gasteiger partial charge in [0.05, 0.1) is 0 Å². The molecule has 0 rings (SSSR count). The second-order valence-corrected chi connectivity index (χ2v) is 5.53. The van der Waals surface area contributed by atoms with Gasteiger partial charge in [0.2, 0.25) is 0 Å². The van der Waals surface area contributed by atoms with Crippen LogP contribution in [-0.4, -0.2) is 30.8 Å². The summed E-state index contributed by atoms with van der Waals surface area (Å²) in [5.74, 6) is 1.72. The zero-order chi connectivity index (χ0) is 13.4. The van der Waals surface area contributed by atoms with Gasteiger partial charge in [-0.25, -0.2) is 4.79 Å². The van der Waals surface area contributed by atoms with Crippen LogP contribution in [0, 0.1) is 23.7 Å². The molecule has 102 valence electrons. The van der Waals surface area contributed by atoms with Gasteiger partial charge >= 0.3 is 6.03 Å². The number of urea groups is 1. The predicted octanol–water partition coefficient (Wildman–Crippen LogP) is 1.84. The van der Waals surface area contributed by atoms with Crippen LogP contribution in [0.15, 0.2) is 0 Å². The fourth-order valence-electron chi connectivity index (χ4n) is 1.85. The smallest absolute Gasteiger partial charge is 0.314 e. The molecule has 0 bridgehead atoms. The SMILES string of the molecule is CC(C)C(CNC(=O)NC[C@@H](C)CO)C(C)C. The highest BCUT2D eigenvalue weighted by atomic mass is 16.3. The van der Waals surface area contributed by atoms with Crippen molar-refractivity contribution in [1.82, 2.24) is 10.6 Å². The molecule has 0 unspecified atom stereocenters. The van der Waals surface area contributed by atoms with Crippen molar-refractivity contribution >= 4 is 6.03 Å². The standard InChI is InChI=1S/C13H28N2O2/c1-9(2)12(10(3)4)7-15-13(17)14-6-11(5)8-16/h9-12,16H,6-8H2,1-5H3,(H2,14,15,17)/t11-/m1/s1. The predicted molar refractivity (Wildman–Crippen MR) is 70.8 cm³/mol. The Hall–Kier alpha value is -0.770. The van der Waals surface area contributed by atoms with E-state index in [4.69, 9.17) is 5.11 Å². The molecule has 0 aromatic carbocycles. The van der Waals surface area contributed by atoms with E-state index in [0.717, 1.165) is 0 Å². The van der Waals surface area contributed by atoms with Gasteiger partial charge in [-0.1, -0.05) is 34.6 Å². The first-order valence-corrected chi connectivity index (χ1v) is 6.51. The minimum absolute atomic E-state index is 0.0981. The molecule has 3 N–H and O–H groups in total. The number of rotatable bonds is 7. The van der Waals surface area contributed by atoms with Crippen LogP contribution >= 0.6 is 0 Å². The van der Waals surface area contributed by atoms with Gasteiger partial charge in [0.25, 0.3) is 0 Å². The van der Waals surface area contributed by atoms with Gasteiger partial charge in [0.15, 0.2) is 0 Å². The average Bonchev–Trinajstić information content (AvgIpc) is 2.25. The van der Waals surface area contributed by atoms with E-state index in [0.29, 0.717) is 30.8 Å². The number of aliphatic hydroxyl groups excluding tert-OH is 1. The van der Waals surface area contributed by atoms with E-state index in [1.807, 2.05) is 6.92 Å². The molecule has 0 fully saturated rings. The van der Waals surface area contributed by atoms with Crippen molar-refractivity contribution in [2.24, 2.45) is 23.7 Å². The van der Waals surface area contributed by atoms with Crippen molar-refractivity contribution in [3.05, 3.63) is 0 Å². The van der Waals surface area contributed by atoms with Gasteiger partial charge < -0.3 is 15.7 Å². The summed E-state index contributed by atoms with van der Waals surface area (Å²) >= 11 is 0. The average molecular weight is 244 g/mol. The number of carbonyl (C=O) groups excluding carboxylic acids is 1. The molecule has 0 spiro atoms. The fraction of sp³-hybridized carbons (Fsp3) is 0.923. The summed E-state index contributed by atoms with van der Waals surface area (Å²) < 4.78 is 0. The Morgan fingerprint density at radius 1 is 1.00 bits per heavy atom. The first kappa shape index (κ1) is 16.2. The lowest BCUT2D eigenvalue weighted by Gasteiger charge is -2.25. The maximum Gasteiger partial charge on any atom is 0.314 e. The molecule has 0 saturated carbocycles. The molecule has 4 nitrogen and oxygen atoms in total. The molecule has 0 saturated heterocycles. The van der Waals surface area contributed by atoms with Crippen LogP contribution in [0.1, 0.15) is 34.6 Å². The van der Waals surface area contributed by atoms with Crippen LogP contribution in [0.25, 0.3) is 0 Å². The summed E-state index contributed by atoms with van der Waals surface area (Å²) in [7, 11) is 0. The highest BCUT2D eigenvalue weighted by Gasteiger charge is 2.18. The van der Waals surface area contributed by atoms with E-state index in [-0.39, 0.29) is 18.6 Å². The van der Waals surface area contributed by atoms with E-state index in [1.54, 1.807) is 0 Å². The largest absolute Gasteiger partial charge is 0.396 e. The third-order valence-electron chi connectivity index (χ3n) is 3.13. The van der Waals surface area contributed by atoms with Crippen molar-refractivity contribution in [1.29, 1.82) is 0 Å². The van der Waals surface area contributed by atoms with Crippen LogP contribution in [0.2, 0.25) is 0 Å². The van der Waals surface area contributed by atoms with Crippen LogP contribution in [-0.2, 0) is 0 Å². The lowest BCUT2D eigenvalue weighted by molar-refractivity contribution is 0.216. The maximum atomic E-state index is 11.5. The Labute approximate surface area is 105 Å². The van der Waals surface area contributed by atoms with Crippen LogP contribution in [0.5, 0.6) is 0 Å². The van der Waals surface area contributed by atoms with Gasteiger partial charge in [-0.2, -0.15) is 0 Å². The highest BCUT2D eigenvalue weighted by Crippen LogP contribution is 2.19. The van der Waals surface area contributed by atoms with E-state index < -0.39 is 0 Å². The van der Waals surface area contributed by atoms with Crippen LogP contribution < -0.4 is 10.6 Å². The van der Waals surface area contributed by atoms with Crippen molar-refractivity contribution in [3.8, 4) is 0 Å². The van der Waals surface area contributed by atoms with Crippen molar-refractivity contribution in [2.75, 3.05) is 19.7 Å². The van der Waals surface area contributed by atoms with Gasteiger partial charge in [0, 0.05) is 19.7 Å². The summed E-state index contributed by atoms with van der Waals surface area (Å²) in [5.41, 5.74) is 0. The summed E-state index contributed by atoms with van der Waals surface area (Å²) in [6, 6.07) is -0.142. The molecule has 17 heavy (non-hydrogen) atoms. The second kappa shape index (κ2) is 8.34. The zero-order valence-corrected chi connectivity index (χ0v) is 11.8. The molecule has 0 aliphatic carbocycles. The number of amides is 2. The molecule has 2 amide bonds. The van der Waals surface area contributed by atoms with Crippen molar-refractivity contribution in [3.63, 3.8) is 0 Å². The van der Waals surface area contributed by atoms with E-state index in [1.165, 1.54) is 0 Å². The topological polar surface area (TPSA) is 61.4 Å². The third-order valence-corrected chi connectivity index (χ3v) is 3.13. The summed E-state index contributed by atoms with van der Waals surface area (Å²) in [6.45, 7) is 11.9. The molecular weight excluding hydrogens is 216 g/mol. The van der Waals surface area contributed by atoms with E-state index in [9.17, 15) is 4.79 Å². The zero-order valence-electron chi connectivity index (χ0n) is 11.8. The lowest BCUT2D eigenvalue weighted by atomic mass is 9.85. The minimum atomic E-state index is -0.142. The monoisotopic (exact) mass is 244 g/mol. The van der Waals surface area contributed by atoms with Crippen molar-refractivity contribution < 1.29 is 9.90 Å². The summed E-state index contributed by atoms with van der Waals surface area (Å²) in [4.78, 5) is 11.5. The Kier molecular flexibility index (Phi) is 7.96. The molecule has 0 aromatic heterocycles. The molecule has 0 aliphatic rings. The Morgan fingerprint density at radius 3 is 1.88 bits per heavy atom. The summed E-state index contributed by atoms with van der Waals surface area (Å²) in [6.07, 6.45) is 0. The van der Waals surface area contributed by atoms with Gasteiger partial charge in [0.1, 0.15) is 0 Å². The molecule has 0 heterocycles. The number of hydrogen-bond acceptors (Lipinski definition) is 2. The molecule has 0 radical (unpaired) electrons. The maximum absolute atomic E-state index is 11.5. The van der Waals surface area contributed by atoms with E-state index >= 15 is 0 Å². The van der Waals surface area contributed by atoms with E-state index in [2.05, 4.69) is 38.3 Å². The minimum Gasteiger partial charge on any atom is -0.396 e. The first-order chi connectivity index (χ1) is 7.88. The van der Waals surface area contributed by atoms with Gasteiger partial charge in [-0.3, -0.25) is 0 Å².